The minimum Gasteiger partial charge on any atom is -0.493 e. The van der Waals surface area contributed by atoms with Crippen LogP contribution >= 0.6 is 12.2 Å². The predicted molar refractivity (Wildman–Crippen MR) is 105 cm³/mol. The van der Waals surface area contributed by atoms with Crippen molar-refractivity contribution in [1.29, 1.82) is 0 Å². The summed E-state index contributed by atoms with van der Waals surface area (Å²) in [5.41, 5.74) is 7.15. The van der Waals surface area contributed by atoms with Crippen molar-refractivity contribution in [3.63, 3.8) is 0 Å². The van der Waals surface area contributed by atoms with E-state index in [1.54, 1.807) is 6.21 Å². The predicted octanol–water partition coefficient (Wildman–Crippen LogP) is 4.41. The van der Waals surface area contributed by atoms with Crippen molar-refractivity contribution in [2.45, 2.75) is 27.2 Å². The summed E-state index contributed by atoms with van der Waals surface area (Å²) in [7, 11) is 0. The molecule has 0 heterocycles. The van der Waals surface area contributed by atoms with Crippen LogP contribution in [0.2, 0.25) is 0 Å². The molecule has 0 bridgehead atoms. The van der Waals surface area contributed by atoms with Crippen molar-refractivity contribution in [2.24, 2.45) is 5.10 Å². The van der Waals surface area contributed by atoms with Gasteiger partial charge in [-0.3, -0.25) is 5.43 Å². The first kappa shape index (κ1) is 17.9. The third-order valence-corrected chi connectivity index (χ3v) is 3.71. The van der Waals surface area contributed by atoms with Gasteiger partial charge in [-0.15, -0.1) is 0 Å². The molecule has 5 heteroatoms. The van der Waals surface area contributed by atoms with Crippen molar-refractivity contribution in [1.82, 2.24) is 5.43 Å². The smallest absolute Gasteiger partial charge is 0.191 e. The van der Waals surface area contributed by atoms with Gasteiger partial charge in [-0.25, -0.2) is 0 Å². The van der Waals surface area contributed by atoms with Crippen LogP contribution in [0.3, 0.4) is 0 Å². The molecular formula is C19H23N3OS. The molecule has 0 spiro atoms. The monoisotopic (exact) mass is 341 g/mol. The molecule has 0 atom stereocenters. The summed E-state index contributed by atoms with van der Waals surface area (Å²) in [4.78, 5) is 0. The summed E-state index contributed by atoms with van der Waals surface area (Å²) in [6.07, 6.45) is 2.67. The van der Waals surface area contributed by atoms with Gasteiger partial charge in [0, 0.05) is 11.3 Å². The molecule has 0 saturated carbocycles. The van der Waals surface area contributed by atoms with Crippen LogP contribution in [-0.4, -0.2) is 17.9 Å². The molecule has 2 N–H and O–H groups in total. The average molecular weight is 341 g/mol. The first-order valence-electron chi connectivity index (χ1n) is 7.99. The van der Waals surface area contributed by atoms with Crippen LogP contribution in [0.25, 0.3) is 0 Å². The fourth-order valence-corrected chi connectivity index (χ4v) is 2.24. The number of hydrogen-bond donors (Lipinski definition) is 2. The van der Waals surface area contributed by atoms with Crippen LogP contribution in [0.4, 0.5) is 5.69 Å². The van der Waals surface area contributed by atoms with Gasteiger partial charge in [-0.1, -0.05) is 25.1 Å². The van der Waals surface area contributed by atoms with Gasteiger partial charge in [0.1, 0.15) is 5.75 Å². The second-order valence-electron chi connectivity index (χ2n) is 5.51. The normalized spacial score (nSPS) is 10.6. The lowest BCUT2D eigenvalue weighted by Crippen LogP contribution is -2.23. The number of benzene rings is 2. The number of hydrazone groups is 1. The lowest BCUT2D eigenvalue weighted by atomic mass is 10.1. The SMILES string of the molecule is CCCOc1ccccc1/C=N/NC(=S)Nc1ccc(C)c(C)c1. The van der Waals surface area contributed by atoms with E-state index in [0.29, 0.717) is 11.7 Å². The lowest BCUT2D eigenvalue weighted by Gasteiger charge is -2.09. The highest BCUT2D eigenvalue weighted by molar-refractivity contribution is 7.80. The maximum absolute atomic E-state index is 5.70. The summed E-state index contributed by atoms with van der Waals surface area (Å²) in [5, 5.41) is 7.75. The van der Waals surface area contributed by atoms with E-state index in [-0.39, 0.29) is 0 Å². The summed E-state index contributed by atoms with van der Waals surface area (Å²) < 4.78 is 5.70. The molecule has 24 heavy (non-hydrogen) atoms. The molecule has 0 aliphatic rings. The zero-order valence-corrected chi connectivity index (χ0v) is 15.1. The fourth-order valence-electron chi connectivity index (χ4n) is 2.07. The Morgan fingerprint density at radius 2 is 1.96 bits per heavy atom. The lowest BCUT2D eigenvalue weighted by molar-refractivity contribution is 0.317. The summed E-state index contributed by atoms with van der Waals surface area (Å²) >= 11 is 5.26. The third-order valence-electron chi connectivity index (χ3n) is 3.52. The van der Waals surface area contributed by atoms with Crippen molar-refractivity contribution in [3.8, 4) is 5.75 Å². The topological polar surface area (TPSA) is 45.6 Å². The van der Waals surface area contributed by atoms with Crippen LogP contribution in [0, 0.1) is 13.8 Å². The van der Waals surface area contributed by atoms with Crippen molar-refractivity contribution in [2.75, 3.05) is 11.9 Å². The summed E-state index contributed by atoms with van der Waals surface area (Å²) in [6, 6.07) is 13.9. The Kier molecular flexibility index (Phi) is 6.75. The second kappa shape index (κ2) is 9.03. The Hall–Kier alpha value is -2.40. The number of anilines is 1. The highest BCUT2D eigenvalue weighted by Crippen LogP contribution is 2.16. The molecule has 0 saturated heterocycles. The number of thiocarbonyl (C=S) groups is 1. The van der Waals surface area contributed by atoms with Gasteiger partial charge < -0.3 is 10.1 Å². The van der Waals surface area contributed by atoms with Gasteiger partial charge in [-0.05, 0) is 67.9 Å². The Morgan fingerprint density at radius 3 is 2.71 bits per heavy atom. The first-order chi connectivity index (χ1) is 11.6. The molecule has 0 aliphatic heterocycles. The molecule has 2 rings (SSSR count). The molecule has 0 unspecified atom stereocenters. The first-order valence-corrected chi connectivity index (χ1v) is 8.40. The molecular weight excluding hydrogens is 318 g/mol. The highest BCUT2D eigenvalue weighted by atomic mass is 32.1. The molecule has 0 amide bonds. The van der Waals surface area contributed by atoms with Crippen LogP contribution in [0.15, 0.2) is 47.6 Å². The molecule has 126 valence electrons. The fraction of sp³-hybridized carbons (Fsp3) is 0.263. The highest BCUT2D eigenvalue weighted by Gasteiger charge is 2.01. The van der Waals surface area contributed by atoms with Gasteiger partial charge in [0.05, 0.1) is 12.8 Å². The van der Waals surface area contributed by atoms with Gasteiger partial charge in [0.25, 0.3) is 0 Å². The van der Waals surface area contributed by atoms with Gasteiger partial charge >= 0.3 is 0 Å². The molecule has 2 aromatic carbocycles. The van der Waals surface area contributed by atoms with Gasteiger partial charge in [-0.2, -0.15) is 5.10 Å². The van der Waals surface area contributed by atoms with Crippen LogP contribution in [-0.2, 0) is 0 Å². The molecule has 0 fully saturated rings. The van der Waals surface area contributed by atoms with E-state index in [9.17, 15) is 0 Å². The summed E-state index contributed by atoms with van der Waals surface area (Å²) in [5.74, 6) is 0.818. The maximum atomic E-state index is 5.70. The largest absolute Gasteiger partial charge is 0.493 e. The zero-order chi connectivity index (χ0) is 17.4. The standard InChI is InChI=1S/C19H23N3OS/c1-4-11-23-18-8-6-5-7-16(18)13-20-22-19(24)21-17-10-9-14(2)15(3)12-17/h5-10,12-13H,4,11H2,1-3H3,(H2,21,22,24)/b20-13+. The zero-order valence-electron chi connectivity index (χ0n) is 14.3. The number of nitrogens with zero attached hydrogens (tertiary/aromatic N) is 1. The number of nitrogens with one attached hydrogen (secondary N) is 2. The van der Waals surface area contributed by atoms with E-state index in [4.69, 9.17) is 17.0 Å². The third kappa shape index (κ3) is 5.35. The number of aryl methyl sites for hydroxylation is 2. The van der Waals surface area contributed by atoms with Gasteiger partial charge in [0.2, 0.25) is 0 Å². The number of hydrogen-bond acceptors (Lipinski definition) is 3. The molecule has 0 aromatic heterocycles. The number of para-hydroxylation sites is 1. The van der Waals surface area contributed by atoms with E-state index < -0.39 is 0 Å². The van der Waals surface area contributed by atoms with E-state index in [1.165, 1.54) is 11.1 Å². The van der Waals surface area contributed by atoms with Crippen molar-refractivity contribution in [3.05, 3.63) is 59.2 Å². The molecule has 0 radical (unpaired) electrons. The second-order valence-corrected chi connectivity index (χ2v) is 5.92. The van der Waals surface area contributed by atoms with Crippen LogP contribution in [0.5, 0.6) is 5.75 Å². The van der Waals surface area contributed by atoms with Crippen LogP contribution < -0.4 is 15.5 Å². The average Bonchev–Trinajstić information content (AvgIpc) is 2.57. The van der Waals surface area contributed by atoms with E-state index in [2.05, 4.69) is 48.7 Å². The summed E-state index contributed by atoms with van der Waals surface area (Å²) in [6.45, 7) is 6.92. The Balaban J connectivity index is 1.93. The number of rotatable bonds is 6. The molecule has 4 nitrogen and oxygen atoms in total. The Bertz CT molecular complexity index is 728. The Labute approximate surface area is 148 Å². The quantitative estimate of drug-likeness (QED) is 0.464. The molecule has 2 aromatic rings. The van der Waals surface area contributed by atoms with Crippen molar-refractivity contribution >= 4 is 29.2 Å². The molecule has 0 aliphatic carbocycles. The Morgan fingerprint density at radius 1 is 1.17 bits per heavy atom. The van der Waals surface area contributed by atoms with E-state index >= 15 is 0 Å². The van der Waals surface area contributed by atoms with Crippen LogP contribution in [0.1, 0.15) is 30.0 Å². The minimum atomic E-state index is 0.446. The van der Waals surface area contributed by atoms with Gasteiger partial charge in [0.15, 0.2) is 5.11 Å². The number of ether oxygens (including phenoxy) is 1. The van der Waals surface area contributed by atoms with E-state index in [0.717, 1.165) is 23.4 Å². The minimum absolute atomic E-state index is 0.446. The van der Waals surface area contributed by atoms with E-state index in [1.807, 2.05) is 30.3 Å². The maximum Gasteiger partial charge on any atom is 0.191 e. The van der Waals surface area contributed by atoms with Crippen molar-refractivity contribution < 1.29 is 4.74 Å².